The number of carbonyl (C=O) groups is 2. The van der Waals surface area contributed by atoms with Crippen LogP contribution in [0.4, 0.5) is 4.79 Å². The number of carbonyl (C=O) groups excluding carboxylic acids is 2. The molecule has 1 aromatic heterocycles. The van der Waals surface area contributed by atoms with Gasteiger partial charge in [-0.25, -0.2) is 9.78 Å². The fourth-order valence-electron chi connectivity index (χ4n) is 6.91. The average molecular weight is 475 g/mol. The lowest BCUT2D eigenvalue weighted by atomic mass is 9.54. The first kappa shape index (κ1) is 23.1. The summed E-state index contributed by atoms with van der Waals surface area (Å²) in [4.78, 5) is 33.3. The highest BCUT2D eigenvalue weighted by Crippen LogP contribution is 2.59. The van der Waals surface area contributed by atoms with Crippen LogP contribution in [-0.2, 0) is 20.7 Å². The van der Waals surface area contributed by atoms with Gasteiger partial charge in [-0.3, -0.25) is 4.79 Å². The highest BCUT2D eigenvalue weighted by molar-refractivity contribution is 7.11. The maximum absolute atomic E-state index is 12.4. The molecule has 6 atom stereocenters. The first-order valence-corrected chi connectivity index (χ1v) is 13.5. The quantitative estimate of drug-likeness (QED) is 0.502. The normalized spacial score (nSPS) is 36.6. The van der Waals surface area contributed by atoms with Crippen LogP contribution in [-0.4, -0.2) is 46.7 Å². The van der Waals surface area contributed by atoms with Crippen LogP contribution >= 0.6 is 11.3 Å². The monoisotopic (exact) mass is 474 g/mol. The molecule has 0 aromatic carbocycles. The Morgan fingerprint density at radius 1 is 1.18 bits per heavy atom. The van der Waals surface area contributed by atoms with E-state index in [4.69, 9.17) is 14.5 Å². The molecular weight excluding hydrogens is 436 g/mol. The number of fused-ring (bicyclic) bond motifs is 4. The molecule has 3 fully saturated rings. The van der Waals surface area contributed by atoms with Crippen molar-refractivity contribution in [3.8, 4) is 0 Å². The lowest BCUT2D eigenvalue weighted by Crippen LogP contribution is -2.50. The van der Waals surface area contributed by atoms with Gasteiger partial charge in [0.2, 0.25) is 0 Å². The molecule has 0 N–H and O–H groups in total. The summed E-state index contributed by atoms with van der Waals surface area (Å²) in [7, 11) is 0. The molecule has 5 rings (SSSR count). The van der Waals surface area contributed by atoms with Crippen molar-refractivity contribution >= 4 is 23.4 Å². The van der Waals surface area contributed by atoms with Crippen molar-refractivity contribution in [3.05, 3.63) is 15.6 Å². The van der Waals surface area contributed by atoms with Gasteiger partial charge in [-0.15, -0.1) is 11.3 Å². The second kappa shape index (κ2) is 7.96. The Morgan fingerprint density at radius 2 is 1.88 bits per heavy atom. The van der Waals surface area contributed by atoms with Gasteiger partial charge < -0.3 is 14.4 Å². The standard InChI is InChI=1S/C26H38N2O4S/c1-14-17-7-10-26(6)13-18-20(15(2)19(26)21(17)31-23(14)29)27-22(33-18)16-8-11-28(12-9-16)24(30)32-25(3,4)5/h14-17,19,21H,7-13H2,1-6H3. The molecular formula is C26H38N2O4S. The third kappa shape index (κ3) is 3.98. The van der Waals surface area contributed by atoms with Crippen LogP contribution in [0.25, 0.3) is 0 Å². The molecule has 1 saturated carbocycles. The first-order chi connectivity index (χ1) is 15.5. The number of nitrogens with zero attached hydrogens (tertiary/aromatic N) is 2. The highest BCUT2D eigenvalue weighted by atomic mass is 32.1. The molecule has 0 radical (unpaired) electrons. The zero-order valence-electron chi connectivity index (χ0n) is 20.8. The number of esters is 1. The number of amides is 1. The molecule has 4 aliphatic rings. The zero-order valence-corrected chi connectivity index (χ0v) is 21.7. The Balaban J connectivity index is 1.32. The minimum absolute atomic E-state index is 0.0111. The summed E-state index contributed by atoms with van der Waals surface area (Å²) in [6.07, 6.45) is 4.98. The van der Waals surface area contributed by atoms with Crippen molar-refractivity contribution in [3.63, 3.8) is 0 Å². The van der Waals surface area contributed by atoms with Gasteiger partial charge in [0.05, 0.1) is 16.6 Å². The van der Waals surface area contributed by atoms with Crippen LogP contribution in [0, 0.1) is 23.2 Å². The van der Waals surface area contributed by atoms with E-state index in [1.54, 1.807) is 0 Å². The average Bonchev–Trinajstić information content (AvgIpc) is 3.27. The van der Waals surface area contributed by atoms with E-state index in [9.17, 15) is 9.59 Å². The van der Waals surface area contributed by atoms with Gasteiger partial charge in [-0.05, 0) is 58.3 Å². The minimum Gasteiger partial charge on any atom is -0.461 e. The van der Waals surface area contributed by atoms with Gasteiger partial charge in [-0.1, -0.05) is 20.8 Å². The van der Waals surface area contributed by atoms with Crippen LogP contribution in [0.2, 0.25) is 0 Å². The second-order valence-electron chi connectivity index (χ2n) is 12.1. The summed E-state index contributed by atoms with van der Waals surface area (Å²) in [6, 6.07) is 0. The molecule has 7 heteroatoms. The highest BCUT2D eigenvalue weighted by Gasteiger charge is 2.58. The van der Waals surface area contributed by atoms with Crippen LogP contribution in [0.5, 0.6) is 0 Å². The van der Waals surface area contributed by atoms with E-state index in [1.165, 1.54) is 15.6 Å². The molecule has 2 aliphatic heterocycles. The second-order valence-corrected chi connectivity index (χ2v) is 13.3. The Bertz CT molecular complexity index is 945. The maximum Gasteiger partial charge on any atom is 0.410 e. The van der Waals surface area contributed by atoms with Crippen molar-refractivity contribution in [2.24, 2.45) is 23.2 Å². The van der Waals surface area contributed by atoms with Crippen molar-refractivity contribution in [1.82, 2.24) is 9.88 Å². The molecule has 1 amide bonds. The molecule has 3 heterocycles. The number of likely N-dealkylation sites (tertiary alicyclic amines) is 1. The fourth-order valence-corrected chi connectivity index (χ4v) is 8.44. The van der Waals surface area contributed by atoms with Crippen molar-refractivity contribution < 1.29 is 19.1 Å². The predicted molar refractivity (Wildman–Crippen MR) is 127 cm³/mol. The SMILES string of the molecule is CC1C(=O)OC2C1CCC1(C)Cc3sc(C4CCN(C(=O)OC(C)(C)C)CC4)nc3C(C)C21. The van der Waals surface area contributed by atoms with Crippen LogP contribution in [0.1, 0.15) is 94.6 Å². The van der Waals surface area contributed by atoms with E-state index in [-0.39, 0.29) is 29.5 Å². The van der Waals surface area contributed by atoms with Crippen molar-refractivity contribution in [1.29, 1.82) is 0 Å². The van der Waals surface area contributed by atoms with Gasteiger partial charge in [0, 0.05) is 41.6 Å². The Kier molecular flexibility index (Phi) is 5.58. The Morgan fingerprint density at radius 3 is 2.55 bits per heavy atom. The number of rotatable bonds is 1. The molecule has 33 heavy (non-hydrogen) atoms. The summed E-state index contributed by atoms with van der Waals surface area (Å²) < 4.78 is 11.5. The smallest absolute Gasteiger partial charge is 0.410 e. The van der Waals surface area contributed by atoms with Gasteiger partial charge in [0.15, 0.2) is 0 Å². The van der Waals surface area contributed by atoms with Crippen molar-refractivity contribution in [2.45, 2.75) is 97.2 Å². The molecule has 0 spiro atoms. The Labute approximate surface area is 201 Å². The van der Waals surface area contributed by atoms with Gasteiger partial charge in [0.1, 0.15) is 11.7 Å². The lowest BCUT2D eigenvalue weighted by molar-refractivity contribution is -0.149. The number of aromatic nitrogens is 1. The third-order valence-corrected chi connectivity index (χ3v) is 9.90. The first-order valence-electron chi connectivity index (χ1n) is 12.6. The summed E-state index contributed by atoms with van der Waals surface area (Å²) in [5.41, 5.74) is 0.945. The maximum atomic E-state index is 12.4. The lowest BCUT2D eigenvalue weighted by Gasteiger charge is -2.51. The molecule has 1 aromatic rings. The molecule has 182 valence electrons. The molecule has 6 unspecified atom stereocenters. The van der Waals surface area contributed by atoms with E-state index in [0.29, 0.717) is 23.7 Å². The minimum atomic E-state index is -0.463. The fraction of sp³-hybridized carbons (Fsp3) is 0.808. The number of thiazole rings is 1. The third-order valence-electron chi connectivity index (χ3n) is 8.67. The number of piperidine rings is 1. The van der Waals surface area contributed by atoms with Crippen LogP contribution in [0.3, 0.4) is 0 Å². The summed E-state index contributed by atoms with van der Waals surface area (Å²) in [6.45, 7) is 13.9. The van der Waals surface area contributed by atoms with E-state index in [0.717, 1.165) is 45.2 Å². The van der Waals surface area contributed by atoms with Crippen molar-refractivity contribution in [2.75, 3.05) is 13.1 Å². The van der Waals surface area contributed by atoms with E-state index >= 15 is 0 Å². The van der Waals surface area contributed by atoms with Crippen LogP contribution < -0.4 is 0 Å². The molecule has 2 aliphatic carbocycles. The number of hydrogen-bond acceptors (Lipinski definition) is 6. The summed E-state index contributed by atoms with van der Waals surface area (Å²) in [5.74, 6) is 1.42. The van der Waals surface area contributed by atoms with E-state index < -0.39 is 5.60 Å². The van der Waals surface area contributed by atoms with Gasteiger partial charge in [0.25, 0.3) is 0 Å². The van der Waals surface area contributed by atoms with Crippen LogP contribution in [0.15, 0.2) is 0 Å². The summed E-state index contributed by atoms with van der Waals surface area (Å²) in [5, 5.41) is 1.23. The zero-order chi connectivity index (χ0) is 23.7. The largest absolute Gasteiger partial charge is 0.461 e. The van der Waals surface area contributed by atoms with Gasteiger partial charge in [-0.2, -0.15) is 0 Å². The number of ether oxygens (including phenoxy) is 2. The van der Waals surface area contributed by atoms with Gasteiger partial charge >= 0.3 is 12.1 Å². The molecule has 6 nitrogen and oxygen atoms in total. The van der Waals surface area contributed by atoms with E-state index in [1.807, 2.05) is 43.9 Å². The molecule has 2 saturated heterocycles. The Hall–Kier alpha value is -1.63. The topological polar surface area (TPSA) is 68.7 Å². The van der Waals surface area contributed by atoms with E-state index in [2.05, 4.69) is 13.8 Å². The summed E-state index contributed by atoms with van der Waals surface area (Å²) >= 11 is 1.89. The molecule has 0 bridgehead atoms. The predicted octanol–water partition coefficient (Wildman–Crippen LogP) is 5.51. The number of hydrogen-bond donors (Lipinski definition) is 0.